The summed E-state index contributed by atoms with van der Waals surface area (Å²) in [6.07, 6.45) is 4.08. The molecule has 3 heteroatoms. The Hall–Kier alpha value is -1.87. The fourth-order valence-corrected chi connectivity index (χ4v) is 2.89. The first-order valence-corrected chi connectivity index (χ1v) is 7.45. The third-order valence-electron chi connectivity index (χ3n) is 3.86. The van der Waals surface area contributed by atoms with E-state index >= 15 is 0 Å². The van der Waals surface area contributed by atoms with Gasteiger partial charge in [0.2, 0.25) is 0 Å². The van der Waals surface area contributed by atoms with Crippen molar-refractivity contribution in [2.75, 3.05) is 0 Å². The summed E-state index contributed by atoms with van der Waals surface area (Å²) >= 11 is 0. The van der Waals surface area contributed by atoms with Gasteiger partial charge in [0, 0.05) is 6.04 Å². The highest BCUT2D eigenvalue weighted by atomic mass is 19.1. The van der Waals surface area contributed by atoms with Crippen molar-refractivity contribution in [2.24, 2.45) is 5.73 Å². The molecule has 1 unspecified atom stereocenters. The van der Waals surface area contributed by atoms with Crippen molar-refractivity contribution in [3.8, 4) is 11.5 Å². The Bertz CT molecular complexity index is 652. The number of rotatable bonds is 4. The molecule has 0 fully saturated rings. The number of ether oxygens (including phenoxy) is 1. The Morgan fingerprint density at radius 1 is 1.14 bits per heavy atom. The quantitative estimate of drug-likeness (QED) is 0.921. The van der Waals surface area contributed by atoms with Crippen LogP contribution in [0.5, 0.6) is 11.5 Å². The van der Waals surface area contributed by atoms with Crippen LogP contribution in [0.3, 0.4) is 0 Å². The molecule has 0 bridgehead atoms. The van der Waals surface area contributed by atoms with Crippen LogP contribution in [0, 0.1) is 5.82 Å². The molecule has 0 aromatic heterocycles. The van der Waals surface area contributed by atoms with E-state index in [0.717, 1.165) is 24.2 Å². The molecule has 0 saturated heterocycles. The van der Waals surface area contributed by atoms with Gasteiger partial charge in [0.25, 0.3) is 0 Å². The minimum absolute atomic E-state index is 0.0332. The number of nitrogens with two attached hydrogens (primary N) is 1. The second-order valence-corrected chi connectivity index (χ2v) is 5.82. The normalized spacial score (nSPS) is 14.8. The van der Waals surface area contributed by atoms with Crippen molar-refractivity contribution < 1.29 is 9.13 Å². The van der Waals surface area contributed by atoms with Gasteiger partial charge in [0.1, 0.15) is 17.3 Å². The van der Waals surface area contributed by atoms with Crippen LogP contribution in [0.25, 0.3) is 0 Å². The number of halogens is 1. The highest BCUT2D eigenvalue weighted by Crippen LogP contribution is 2.31. The molecule has 0 spiro atoms. The lowest BCUT2D eigenvalue weighted by Crippen LogP contribution is -2.18. The lowest BCUT2D eigenvalue weighted by atomic mass is 10.1. The Kier molecular flexibility index (Phi) is 3.93. The van der Waals surface area contributed by atoms with Gasteiger partial charge in [-0.25, -0.2) is 4.39 Å². The van der Waals surface area contributed by atoms with Crippen LogP contribution in [-0.2, 0) is 19.3 Å². The van der Waals surface area contributed by atoms with Crippen LogP contribution < -0.4 is 10.5 Å². The van der Waals surface area contributed by atoms with E-state index in [1.807, 2.05) is 13.0 Å². The van der Waals surface area contributed by atoms with Gasteiger partial charge in [-0.1, -0.05) is 6.07 Å². The van der Waals surface area contributed by atoms with Crippen molar-refractivity contribution in [2.45, 2.75) is 38.6 Å². The second-order valence-electron chi connectivity index (χ2n) is 5.82. The van der Waals surface area contributed by atoms with E-state index in [-0.39, 0.29) is 11.9 Å². The topological polar surface area (TPSA) is 35.2 Å². The van der Waals surface area contributed by atoms with E-state index in [1.165, 1.54) is 29.7 Å². The summed E-state index contributed by atoms with van der Waals surface area (Å²) in [5.41, 5.74) is 9.42. The standard InChI is InChI=1S/C18H20FNO/c1-12(20)9-15-10-16(19)6-8-18(15)21-17-7-5-13-3-2-4-14(13)11-17/h5-8,10-12H,2-4,9,20H2,1H3. The first-order chi connectivity index (χ1) is 10.1. The number of hydrogen-bond acceptors (Lipinski definition) is 2. The molecule has 1 aliphatic rings. The molecular weight excluding hydrogens is 265 g/mol. The van der Waals surface area contributed by atoms with E-state index in [0.29, 0.717) is 12.2 Å². The van der Waals surface area contributed by atoms with Gasteiger partial charge in [-0.3, -0.25) is 0 Å². The maximum atomic E-state index is 13.4. The summed E-state index contributed by atoms with van der Waals surface area (Å²) < 4.78 is 19.4. The molecule has 1 atom stereocenters. The molecule has 2 nitrogen and oxygen atoms in total. The van der Waals surface area contributed by atoms with E-state index < -0.39 is 0 Å². The van der Waals surface area contributed by atoms with Gasteiger partial charge in [-0.2, -0.15) is 0 Å². The lowest BCUT2D eigenvalue weighted by Gasteiger charge is -2.14. The number of benzene rings is 2. The molecule has 2 N–H and O–H groups in total. The van der Waals surface area contributed by atoms with Crippen LogP contribution in [0.4, 0.5) is 4.39 Å². The summed E-state index contributed by atoms with van der Waals surface area (Å²) in [5, 5.41) is 0. The predicted octanol–water partition coefficient (Wildman–Crippen LogP) is 4.00. The molecule has 0 amide bonds. The monoisotopic (exact) mass is 285 g/mol. The first-order valence-electron chi connectivity index (χ1n) is 7.45. The van der Waals surface area contributed by atoms with Gasteiger partial charge in [0.15, 0.2) is 0 Å². The number of fused-ring (bicyclic) bond motifs is 1. The highest BCUT2D eigenvalue weighted by Gasteiger charge is 2.13. The molecule has 21 heavy (non-hydrogen) atoms. The summed E-state index contributed by atoms with van der Waals surface area (Å²) in [5.74, 6) is 1.24. The summed E-state index contributed by atoms with van der Waals surface area (Å²) in [4.78, 5) is 0. The van der Waals surface area contributed by atoms with E-state index in [2.05, 4.69) is 12.1 Å². The number of hydrogen-bond donors (Lipinski definition) is 1. The molecule has 0 aliphatic heterocycles. The summed E-state index contributed by atoms with van der Waals surface area (Å²) in [6, 6.07) is 10.8. The van der Waals surface area contributed by atoms with Crippen LogP contribution in [0.15, 0.2) is 36.4 Å². The van der Waals surface area contributed by atoms with Crippen molar-refractivity contribution >= 4 is 0 Å². The molecule has 2 aromatic carbocycles. The maximum absolute atomic E-state index is 13.4. The lowest BCUT2D eigenvalue weighted by molar-refractivity contribution is 0.470. The van der Waals surface area contributed by atoms with Crippen LogP contribution in [0.2, 0.25) is 0 Å². The third kappa shape index (κ3) is 3.24. The minimum atomic E-state index is -0.257. The molecule has 3 rings (SSSR count). The zero-order valence-electron chi connectivity index (χ0n) is 12.2. The van der Waals surface area contributed by atoms with Gasteiger partial charge in [-0.05, 0) is 79.6 Å². The summed E-state index contributed by atoms with van der Waals surface area (Å²) in [7, 11) is 0. The Morgan fingerprint density at radius 3 is 2.76 bits per heavy atom. The Balaban J connectivity index is 1.87. The fraction of sp³-hybridized carbons (Fsp3) is 0.333. The van der Waals surface area contributed by atoms with Crippen LogP contribution in [0.1, 0.15) is 30.0 Å². The van der Waals surface area contributed by atoms with Crippen LogP contribution >= 0.6 is 0 Å². The third-order valence-corrected chi connectivity index (χ3v) is 3.86. The SMILES string of the molecule is CC(N)Cc1cc(F)ccc1Oc1ccc2c(c1)CCC2. The zero-order chi connectivity index (χ0) is 14.8. The van der Waals surface area contributed by atoms with E-state index in [9.17, 15) is 4.39 Å². The maximum Gasteiger partial charge on any atom is 0.130 e. The zero-order valence-corrected chi connectivity index (χ0v) is 12.2. The minimum Gasteiger partial charge on any atom is -0.457 e. The molecule has 2 aromatic rings. The van der Waals surface area contributed by atoms with Gasteiger partial charge < -0.3 is 10.5 Å². The van der Waals surface area contributed by atoms with E-state index in [1.54, 1.807) is 6.07 Å². The predicted molar refractivity (Wildman–Crippen MR) is 82.3 cm³/mol. The molecule has 0 radical (unpaired) electrons. The number of aryl methyl sites for hydroxylation is 2. The van der Waals surface area contributed by atoms with Gasteiger partial charge >= 0.3 is 0 Å². The smallest absolute Gasteiger partial charge is 0.130 e. The molecule has 1 aliphatic carbocycles. The average molecular weight is 285 g/mol. The van der Waals surface area contributed by atoms with Gasteiger partial charge in [-0.15, -0.1) is 0 Å². The first kappa shape index (κ1) is 14.1. The highest BCUT2D eigenvalue weighted by molar-refractivity contribution is 5.43. The summed E-state index contributed by atoms with van der Waals surface area (Å²) in [6.45, 7) is 1.91. The Morgan fingerprint density at radius 2 is 1.95 bits per heavy atom. The second kappa shape index (κ2) is 5.86. The van der Waals surface area contributed by atoms with Crippen molar-refractivity contribution in [3.05, 3.63) is 58.9 Å². The van der Waals surface area contributed by atoms with Crippen molar-refractivity contribution in [3.63, 3.8) is 0 Å². The fourth-order valence-electron chi connectivity index (χ4n) is 2.89. The van der Waals surface area contributed by atoms with Crippen LogP contribution in [-0.4, -0.2) is 6.04 Å². The van der Waals surface area contributed by atoms with Crippen molar-refractivity contribution in [1.82, 2.24) is 0 Å². The van der Waals surface area contributed by atoms with Gasteiger partial charge in [0.05, 0.1) is 0 Å². The molecular formula is C18H20FNO. The molecule has 110 valence electrons. The largest absolute Gasteiger partial charge is 0.457 e. The van der Waals surface area contributed by atoms with E-state index in [4.69, 9.17) is 10.5 Å². The van der Waals surface area contributed by atoms with Crippen molar-refractivity contribution in [1.29, 1.82) is 0 Å². The average Bonchev–Trinajstić information content (AvgIpc) is 2.88. The molecule has 0 saturated carbocycles. The molecule has 0 heterocycles. The Labute approximate surface area is 124 Å².